The molecule has 0 aliphatic carbocycles. The monoisotopic (exact) mass is 1260 g/mol. The Hall–Kier alpha value is -7.04. The van der Waals surface area contributed by atoms with Gasteiger partial charge in [-0.1, -0.05) is 6.07 Å². The number of nitrogens with zero attached hydrogens (tertiary/aromatic N) is 7. The summed E-state index contributed by atoms with van der Waals surface area (Å²) in [6.07, 6.45) is 0. The first-order valence-corrected chi connectivity index (χ1v) is 31.0. The van der Waals surface area contributed by atoms with Gasteiger partial charge in [-0.15, -0.1) is 26.9 Å². The maximum Gasteiger partial charge on any atom is 0.398 e. The fraction of sp³-hybridized carbons (Fsp3) is 0.143. The van der Waals surface area contributed by atoms with Crippen LogP contribution >= 0.6 is 23.2 Å². The second-order valence-corrected chi connectivity index (χ2v) is 25.3. The number of rotatable bonds is 21. The number of amides is 1. The van der Waals surface area contributed by atoms with Crippen molar-refractivity contribution in [2.24, 2.45) is 20.5 Å². The van der Waals surface area contributed by atoms with Crippen LogP contribution in [0.1, 0.15) is 11.1 Å². The lowest BCUT2D eigenvalue weighted by Gasteiger charge is -2.16. The van der Waals surface area contributed by atoms with Gasteiger partial charge in [-0.3, -0.25) is 27.2 Å². The van der Waals surface area contributed by atoms with Gasteiger partial charge in [-0.25, -0.2) is 16.8 Å². The zero-order chi connectivity index (χ0) is 58.9. The molecular formula is C42H36Cl2N10O20S6. The van der Waals surface area contributed by atoms with Crippen LogP contribution in [0.4, 0.5) is 51.7 Å². The standard InChI is InChI=1S/C42H36Cl2N10O20S6/c1-20-11-22-15-32(79(67,68)69)37(54-51-24-3-6-26(7-4-24)76(59,60)19-74-80(70,71)72)39(57)34(22)29(12-20)46-41-48-40(44)49-42(50-41)47-30-17-27(77(61,62)63)14-23-13-21(2)36(38(56)35(23)30)53-52-28-8-5-25(16-31(28)78(64,65)66)45-33(55)18-75(58)73-10-9-43/h3-8,11-17,56-57H,9-10,18-19H2,1-2H3,(H,45,55)(H,61,62,63)(H,64,65,66)(H,67,68,69)(H,70,71,72)(H2,46,47,48,49,50). The third-order valence-electron chi connectivity index (χ3n) is 10.5. The van der Waals surface area contributed by atoms with E-state index in [9.17, 15) is 75.0 Å². The first-order chi connectivity index (χ1) is 37.2. The molecule has 0 fully saturated rings. The molecule has 0 saturated carbocycles. The van der Waals surface area contributed by atoms with E-state index in [0.717, 1.165) is 60.7 Å². The molecule has 1 atom stereocenters. The van der Waals surface area contributed by atoms with E-state index < -0.39 is 139 Å². The largest absolute Gasteiger partial charge is 0.505 e. The maximum absolute atomic E-state index is 12.7. The Labute approximate surface area is 464 Å². The van der Waals surface area contributed by atoms with Crippen molar-refractivity contribution < 1.29 is 87.9 Å². The van der Waals surface area contributed by atoms with E-state index in [0.29, 0.717) is 5.56 Å². The molecule has 0 bridgehead atoms. The summed E-state index contributed by atoms with van der Waals surface area (Å²) in [5.41, 5.74) is -1.97. The number of anilines is 5. The number of phenols is 2. The van der Waals surface area contributed by atoms with Gasteiger partial charge >= 0.3 is 10.4 Å². The number of hydrogen-bond acceptors (Lipinski definition) is 25. The third-order valence-corrected chi connectivity index (χ3v) is 16.3. The van der Waals surface area contributed by atoms with Crippen LogP contribution in [-0.2, 0) is 74.8 Å². The highest BCUT2D eigenvalue weighted by molar-refractivity contribution is 7.92. The van der Waals surface area contributed by atoms with Crippen LogP contribution in [0.5, 0.6) is 11.5 Å². The molecule has 0 spiro atoms. The quantitative estimate of drug-likeness (QED) is 0.0193. The van der Waals surface area contributed by atoms with Crippen LogP contribution in [-0.4, -0.2) is 120 Å². The second-order valence-electron chi connectivity index (χ2n) is 16.2. The first kappa shape index (κ1) is 60.6. The number of aryl methyl sites for hydroxylation is 2. The zero-order valence-corrected chi connectivity index (χ0v) is 46.5. The number of azo groups is 2. The van der Waals surface area contributed by atoms with Crippen LogP contribution < -0.4 is 16.0 Å². The predicted molar refractivity (Wildman–Crippen MR) is 286 cm³/mol. The van der Waals surface area contributed by atoms with Crippen molar-refractivity contribution in [2.75, 3.05) is 40.1 Å². The molecule has 1 unspecified atom stereocenters. The average molecular weight is 1260 g/mol. The Morgan fingerprint density at radius 2 is 1.25 bits per heavy atom. The summed E-state index contributed by atoms with van der Waals surface area (Å²) in [6.45, 7) is 2.83. The highest BCUT2D eigenvalue weighted by atomic mass is 35.5. The number of fused-ring (bicyclic) bond motifs is 2. The highest BCUT2D eigenvalue weighted by Gasteiger charge is 2.27. The van der Waals surface area contributed by atoms with Crippen LogP contribution in [0.3, 0.4) is 0 Å². The van der Waals surface area contributed by atoms with Crippen LogP contribution in [0.15, 0.2) is 119 Å². The van der Waals surface area contributed by atoms with E-state index in [4.69, 9.17) is 31.9 Å². The fourth-order valence-electron chi connectivity index (χ4n) is 7.20. The SMILES string of the molecule is Cc1cc(Nc2nc(Cl)nc(Nc3cc(S(=O)(=O)O)cc4cc(C)c(N=Nc5ccc(NC(=O)CS(=O)OCCCl)cc5S(=O)(=O)O)c(O)c34)n2)c2c(O)c(N=Nc3ccc(S(=O)(=O)COS(=O)(=O)O)cc3)c(S(=O)(=O)O)cc2c1. The predicted octanol–water partition coefficient (Wildman–Crippen LogP) is 7.33. The second kappa shape index (κ2) is 23.6. The van der Waals surface area contributed by atoms with Crippen molar-refractivity contribution in [2.45, 2.75) is 33.4 Å². The number of sulfone groups is 1. The molecule has 1 aromatic heterocycles. The van der Waals surface area contributed by atoms with Crippen molar-refractivity contribution in [3.8, 4) is 11.5 Å². The molecule has 0 aliphatic rings. The molecule has 0 radical (unpaired) electrons. The summed E-state index contributed by atoms with van der Waals surface area (Å²) >= 11 is 9.75. The van der Waals surface area contributed by atoms with Crippen molar-refractivity contribution in [3.05, 3.63) is 95.3 Å². The Bertz CT molecular complexity index is 4370. The molecule has 30 nitrogen and oxygen atoms in total. The van der Waals surface area contributed by atoms with Crippen LogP contribution in [0.25, 0.3) is 21.5 Å². The number of aromatic nitrogens is 3. The van der Waals surface area contributed by atoms with Crippen molar-refractivity contribution >= 4 is 164 Å². The van der Waals surface area contributed by atoms with Gasteiger partial charge in [-0.2, -0.15) is 53.7 Å². The van der Waals surface area contributed by atoms with Gasteiger partial charge in [0.05, 0.1) is 33.5 Å². The molecule has 7 rings (SSSR count). The molecule has 424 valence electrons. The van der Waals surface area contributed by atoms with E-state index >= 15 is 0 Å². The lowest BCUT2D eigenvalue weighted by Crippen LogP contribution is -2.21. The lowest BCUT2D eigenvalue weighted by molar-refractivity contribution is -0.113. The Balaban J connectivity index is 1.25. The fourth-order valence-corrected chi connectivity index (χ4v) is 11.7. The molecule has 80 heavy (non-hydrogen) atoms. The zero-order valence-electron chi connectivity index (χ0n) is 40.1. The minimum absolute atomic E-state index is 0.00253. The molecule has 9 N–H and O–H groups in total. The van der Waals surface area contributed by atoms with Crippen molar-refractivity contribution in [1.29, 1.82) is 0 Å². The number of benzene rings is 6. The number of carbonyl (C=O) groups is 1. The van der Waals surface area contributed by atoms with E-state index in [2.05, 4.69) is 55.5 Å². The van der Waals surface area contributed by atoms with Gasteiger partial charge in [0.25, 0.3) is 30.4 Å². The molecule has 0 saturated heterocycles. The Morgan fingerprint density at radius 1 is 0.662 bits per heavy atom. The number of nitrogens with one attached hydrogen (secondary N) is 3. The van der Waals surface area contributed by atoms with Crippen LogP contribution in [0, 0.1) is 13.8 Å². The van der Waals surface area contributed by atoms with Crippen LogP contribution in [0.2, 0.25) is 5.28 Å². The molecule has 1 heterocycles. The normalized spacial score (nSPS) is 13.1. The number of hydrogen-bond donors (Lipinski definition) is 9. The highest BCUT2D eigenvalue weighted by Crippen LogP contribution is 2.47. The van der Waals surface area contributed by atoms with E-state index in [-0.39, 0.29) is 68.0 Å². The lowest BCUT2D eigenvalue weighted by atomic mass is 10.0. The van der Waals surface area contributed by atoms with E-state index in [1.54, 1.807) is 6.92 Å². The van der Waals surface area contributed by atoms with Crippen molar-refractivity contribution in [1.82, 2.24) is 15.0 Å². The number of aromatic hydroxyl groups is 2. The van der Waals surface area contributed by atoms with Gasteiger partial charge < -0.3 is 26.2 Å². The summed E-state index contributed by atoms with van der Waals surface area (Å²) < 4.78 is 182. The number of phenolic OH excluding ortho intramolecular Hbond substituents is 2. The molecule has 7 aromatic rings. The first-order valence-electron chi connectivity index (χ1n) is 21.5. The average Bonchev–Trinajstić information content (AvgIpc) is 3.48. The van der Waals surface area contributed by atoms with E-state index in [1.807, 2.05) is 0 Å². The summed E-state index contributed by atoms with van der Waals surface area (Å²) in [6, 6.07) is 13.9. The number of carbonyl (C=O) groups excluding carboxylic acids is 1. The van der Waals surface area contributed by atoms with Gasteiger partial charge in [0.1, 0.15) is 32.6 Å². The summed E-state index contributed by atoms with van der Waals surface area (Å²) in [5.74, 6) is -5.54. The minimum Gasteiger partial charge on any atom is -0.505 e. The molecule has 6 aromatic carbocycles. The van der Waals surface area contributed by atoms with Gasteiger partial charge in [-0.05, 0) is 120 Å². The maximum atomic E-state index is 12.7. The molecular weight excluding hydrogens is 1230 g/mol. The smallest absolute Gasteiger partial charge is 0.398 e. The minimum atomic E-state index is -5.18. The topological polar surface area (TPSA) is 469 Å². The Kier molecular flexibility index (Phi) is 17.9. The summed E-state index contributed by atoms with van der Waals surface area (Å²) in [7, 11) is -24.8. The number of alkyl halides is 1. The van der Waals surface area contributed by atoms with E-state index in [1.165, 1.54) is 25.1 Å². The summed E-state index contributed by atoms with van der Waals surface area (Å²) in [4.78, 5) is 21.7. The summed E-state index contributed by atoms with van der Waals surface area (Å²) in [5, 5.41) is 45.8. The molecule has 0 aliphatic heterocycles. The van der Waals surface area contributed by atoms with Gasteiger partial charge in [0.2, 0.25) is 32.9 Å². The Morgan fingerprint density at radius 3 is 1.84 bits per heavy atom. The number of halogens is 2. The molecule has 38 heteroatoms. The van der Waals surface area contributed by atoms with Gasteiger partial charge in [0, 0.05) is 22.3 Å². The third kappa shape index (κ3) is 14.8. The van der Waals surface area contributed by atoms with Crippen molar-refractivity contribution in [3.63, 3.8) is 0 Å². The molecule has 1 amide bonds. The van der Waals surface area contributed by atoms with Gasteiger partial charge in [0.15, 0.2) is 28.5 Å².